The Morgan fingerprint density at radius 3 is 2.90 bits per heavy atom. The molecule has 10 heteroatoms. The van der Waals surface area contributed by atoms with E-state index in [9.17, 15) is 4.79 Å². The van der Waals surface area contributed by atoms with Gasteiger partial charge < -0.3 is 25.0 Å². The summed E-state index contributed by atoms with van der Waals surface area (Å²) >= 11 is 1.18. The highest BCUT2D eigenvalue weighted by Crippen LogP contribution is 2.33. The molecule has 5 rings (SSSR count). The van der Waals surface area contributed by atoms with Crippen LogP contribution in [0, 0.1) is 0 Å². The minimum absolute atomic E-state index is 0.0203. The summed E-state index contributed by atoms with van der Waals surface area (Å²) in [5.74, 6) is 0.629. The molecule has 0 atom stereocenters. The molecule has 0 saturated heterocycles. The fourth-order valence-electron chi connectivity index (χ4n) is 5.33. The van der Waals surface area contributed by atoms with Crippen molar-refractivity contribution in [3.05, 3.63) is 47.3 Å². The fraction of sp³-hybridized carbons (Fsp3) is 0.533. The Morgan fingerprint density at radius 1 is 1.07 bits per heavy atom. The van der Waals surface area contributed by atoms with Crippen LogP contribution in [0.4, 0.5) is 5.69 Å². The SMILES string of the molecule is CN1CCC=C(c2nsnc2OCCCOCCC(=O)NCCCNc2c3c(nc4ccccc24)CCCC3)C1. The Hall–Kier alpha value is -3.08. The van der Waals surface area contributed by atoms with Gasteiger partial charge in [0.05, 0.1) is 30.5 Å². The number of benzene rings is 1. The largest absolute Gasteiger partial charge is 0.475 e. The number of pyridine rings is 1. The number of nitrogens with one attached hydrogen (secondary N) is 2. The maximum Gasteiger partial charge on any atom is 0.253 e. The smallest absolute Gasteiger partial charge is 0.253 e. The standard InChI is InChI=1S/C30H40N6O3S/c1-36-17-6-9-22(21-36)28-30(35-40-34-28)39-19-8-18-38-20-14-27(37)31-15-7-16-32-29-23-10-2-4-12-25(23)33-26-13-5-3-11-24(26)29/h2,4,9-10,12H,3,5-8,11,13-21H2,1H3,(H,31,37)(H,32,33). The van der Waals surface area contributed by atoms with Gasteiger partial charge in [0.2, 0.25) is 5.91 Å². The van der Waals surface area contributed by atoms with Crippen molar-refractivity contribution in [3.63, 3.8) is 0 Å². The second-order valence-electron chi connectivity index (χ2n) is 10.5. The summed E-state index contributed by atoms with van der Waals surface area (Å²) in [5, 5.41) is 7.85. The van der Waals surface area contributed by atoms with Crippen LogP contribution in [0.15, 0.2) is 30.3 Å². The minimum atomic E-state index is 0.0203. The van der Waals surface area contributed by atoms with Crippen molar-refractivity contribution in [2.24, 2.45) is 0 Å². The Morgan fingerprint density at radius 2 is 1.98 bits per heavy atom. The number of hydrogen-bond acceptors (Lipinski definition) is 9. The van der Waals surface area contributed by atoms with Crippen LogP contribution in [0.5, 0.6) is 5.88 Å². The van der Waals surface area contributed by atoms with E-state index in [0.29, 0.717) is 38.7 Å². The number of anilines is 1. The van der Waals surface area contributed by atoms with Crippen molar-refractivity contribution in [1.29, 1.82) is 0 Å². The van der Waals surface area contributed by atoms with E-state index in [2.05, 4.69) is 55.6 Å². The normalized spacial score (nSPS) is 15.5. The van der Waals surface area contributed by atoms with E-state index in [4.69, 9.17) is 14.5 Å². The van der Waals surface area contributed by atoms with Crippen LogP contribution in [-0.2, 0) is 22.4 Å². The summed E-state index contributed by atoms with van der Waals surface area (Å²) < 4.78 is 20.3. The quantitative estimate of drug-likeness (QED) is 0.277. The zero-order valence-corrected chi connectivity index (χ0v) is 24.2. The third-order valence-corrected chi connectivity index (χ3v) is 7.91. The molecule has 3 heterocycles. The molecule has 0 radical (unpaired) electrons. The summed E-state index contributed by atoms with van der Waals surface area (Å²) in [6.07, 6.45) is 9.76. The highest BCUT2D eigenvalue weighted by molar-refractivity contribution is 6.99. The van der Waals surface area contributed by atoms with Crippen LogP contribution in [0.2, 0.25) is 0 Å². The molecule has 0 saturated carbocycles. The first kappa shape index (κ1) is 28.4. The van der Waals surface area contributed by atoms with Gasteiger partial charge in [0, 0.05) is 62.4 Å². The van der Waals surface area contributed by atoms with Gasteiger partial charge in [0.15, 0.2) is 0 Å². The van der Waals surface area contributed by atoms with E-state index in [1.807, 2.05) is 6.07 Å². The number of aryl methyl sites for hydroxylation is 1. The summed E-state index contributed by atoms with van der Waals surface area (Å²) in [5.41, 5.74) is 6.93. The zero-order chi connectivity index (χ0) is 27.6. The maximum atomic E-state index is 12.2. The Labute approximate surface area is 240 Å². The molecule has 2 aliphatic rings. The van der Waals surface area contributed by atoms with E-state index in [1.165, 1.54) is 52.5 Å². The molecule has 0 unspecified atom stereocenters. The van der Waals surface area contributed by atoms with Gasteiger partial charge in [-0.2, -0.15) is 4.37 Å². The molecular formula is C30H40N6O3S. The Bertz CT molecular complexity index is 1310. The van der Waals surface area contributed by atoms with Crippen LogP contribution in [0.25, 0.3) is 16.5 Å². The van der Waals surface area contributed by atoms with Crippen molar-refractivity contribution in [3.8, 4) is 5.88 Å². The van der Waals surface area contributed by atoms with Gasteiger partial charge in [-0.15, -0.1) is 4.37 Å². The second kappa shape index (κ2) is 14.5. The monoisotopic (exact) mass is 564 g/mol. The molecule has 0 spiro atoms. The number of likely N-dealkylation sites (N-methyl/N-ethyl adjacent to an activating group) is 1. The van der Waals surface area contributed by atoms with Gasteiger partial charge in [0.25, 0.3) is 5.88 Å². The number of para-hydroxylation sites is 1. The van der Waals surface area contributed by atoms with Crippen LogP contribution in [0.3, 0.4) is 0 Å². The summed E-state index contributed by atoms with van der Waals surface area (Å²) in [7, 11) is 2.11. The molecule has 0 bridgehead atoms. The van der Waals surface area contributed by atoms with Crippen LogP contribution in [0.1, 0.15) is 55.5 Å². The second-order valence-corrected chi connectivity index (χ2v) is 11.0. The van der Waals surface area contributed by atoms with Crippen LogP contribution in [-0.4, -0.2) is 77.6 Å². The van der Waals surface area contributed by atoms with Crippen molar-refractivity contribution in [1.82, 2.24) is 23.9 Å². The highest BCUT2D eigenvalue weighted by atomic mass is 32.1. The maximum absolute atomic E-state index is 12.2. The molecular weight excluding hydrogens is 524 g/mol. The molecule has 1 aromatic carbocycles. The zero-order valence-electron chi connectivity index (χ0n) is 23.4. The number of amides is 1. The van der Waals surface area contributed by atoms with E-state index >= 15 is 0 Å². The number of nitrogens with zero attached hydrogens (tertiary/aromatic N) is 4. The molecule has 2 aromatic heterocycles. The molecule has 1 amide bonds. The van der Waals surface area contributed by atoms with Crippen molar-refractivity contribution in [2.75, 3.05) is 58.4 Å². The average Bonchev–Trinajstić information content (AvgIpc) is 3.44. The predicted molar refractivity (Wildman–Crippen MR) is 160 cm³/mol. The molecule has 2 N–H and O–H groups in total. The van der Waals surface area contributed by atoms with E-state index in [1.54, 1.807) is 0 Å². The molecule has 40 heavy (non-hydrogen) atoms. The van der Waals surface area contributed by atoms with Gasteiger partial charge in [-0.05, 0) is 62.8 Å². The number of rotatable bonds is 14. The number of carbonyl (C=O) groups excluding carboxylic acids is 1. The first-order chi connectivity index (χ1) is 19.7. The number of fused-ring (bicyclic) bond motifs is 2. The van der Waals surface area contributed by atoms with Gasteiger partial charge in [-0.1, -0.05) is 24.3 Å². The molecule has 9 nitrogen and oxygen atoms in total. The van der Waals surface area contributed by atoms with Crippen molar-refractivity contribution < 1.29 is 14.3 Å². The molecule has 3 aromatic rings. The van der Waals surface area contributed by atoms with E-state index in [-0.39, 0.29) is 5.91 Å². The number of carbonyl (C=O) groups is 1. The minimum Gasteiger partial charge on any atom is -0.475 e. The van der Waals surface area contributed by atoms with E-state index in [0.717, 1.165) is 62.9 Å². The molecule has 1 aliphatic carbocycles. The van der Waals surface area contributed by atoms with Crippen LogP contribution >= 0.6 is 11.7 Å². The lowest BCUT2D eigenvalue weighted by Crippen LogP contribution is -2.27. The lowest BCUT2D eigenvalue weighted by molar-refractivity contribution is -0.122. The lowest BCUT2D eigenvalue weighted by atomic mass is 9.92. The highest BCUT2D eigenvalue weighted by Gasteiger charge is 2.19. The van der Waals surface area contributed by atoms with E-state index < -0.39 is 0 Å². The summed E-state index contributed by atoms with van der Waals surface area (Å²) in [6, 6.07) is 8.36. The summed E-state index contributed by atoms with van der Waals surface area (Å²) in [4.78, 5) is 19.4. The van der Waals surface area contributed by atoms with Gasteiger partial charge in [-0.3, -0.25) is 9.78 Å². The van der Waals surface area contributed by atoms with Crippen molar-refractivity contribution >= 4 is 39.8 Å². The lowest BCUT2D eigenvalue weighted by Gasteiger charge is -2.22. The first-order valence-corrected chi connectivity index (χ1v) is 15.2. The number of aromatic nitrogens is 3. The van der Waals surface area contributed by atoms with Crippen LogP contribution < -0.4 is 15.4 Å². The molecule has 1 aliphatic heterocycles. The third-order valence-electron chi connectivity index (χ3n) is 7.40. The van der Waals surface area contributed by atoms with Gasteiger partial charge >= 0.3 is 0 Å². The fourth-order valence-corrected chi connectivity index (χ4v) is 5.86. The average molecular weight is 565 g/mol. The van der Waals surface area contributed by atoms with Gasteiger partial charge in [0.1, 0.15) is 5.69 Å². The van der Waals surface area contributed by atoms with Gasteiger partial charge in [-0.25, -0.2) is 0 Å². The summed E-state index contributed by atoms with van der Waals surface area (Å²) in [6.45, 7) is 4.84. The molecule has 0 fully saturated rings. The Balaban J connectivity index is 0.939. The predicted octanol–water partition coefficient (Wildman–Crippen LogP) is 4.48. The molecule has 214 valence electrons. The number of hydrogen-bond donors (Lipinski definition) is 2. The number of ether oxygens (including phenoxy) is 2. The first-order valence-electron chi connectivity index (χ1n) is 14.5. The Kier molecular flexibility index (Phi) is 10.3. The van der Waals surface area contributed by atoms with Crippen molar-refractivity contribution in [2.45, 2.75) is 51.4 Å². The third kappa shape index (κ3) is 7.56. The topological polar surface area (TPSA) is 102 Å².